The summed E-state index contributed by atoms with van der Waals surface area (Å²) in [5.74, 6) is 0.977. The van der Waals surface area contributed by atoms with Crippen LogP contribution in [0, 0.1) is 6.92 Å². The Hall–Kier alpha value is -1.51. The molecule has 0 amide bonds. The van der Waals surface area contributed by atoms with E-state index < -0.39 is 0 Å². The van der Waals surface area contributed by atoms with Crippen LogP contribution in [0.25, 0.3) is 0 Å². The van der Waals surface area contributed by atoms with Crippen LogP contribution in [0.5, 0.6) is 5.75 Å². The van der Waals surface area contributed by atoms with Crippen LogP contribution in [-0.4, -0.2) is 19.2 Å². The zero-order valence-electron chi connectivity index (χ0n) is 12.2. The van der Waals surface area contributed by atoms with E-state index in [1.165, 1.54) is 16.7 Å². The second kappa shape index (κ2) is 6.50. The van der Waals surface area contributed by atoms with Crippen molar-refractivity contribution in [2.75, 3.05) is 13.1 Å². The Labute approximate surface area is 131 Å². The van der Waals surface area contributed by atoms with Gasteiger partial charge in [0.2, 0.25) is 0 Å². The minimum absolute atomic E-state index is 0.218. The molecular formula is C18H20ClNO. The lowest BCUT2D eigenvalue weighted by molar-refractivity contribution is 0.228. The van der Waals surface area contributed by atoms with Gasteiger partial charge in [-0.15, -0.1) is 0 Å². The summed E-state index contributed by atoms with van der Waals surface area (Å²) in [6, 6.07) is 14.5. The third kappa shape index (κ3) is 3.78. The van der Waals surface area contributed by atoms with Crippen LogP contribution in [0.15, 0.2) is 42.5 Å². The first kappa shape index (κ1) is 14.4. The van der Waals surface area contributed by atoms with Gasteiger partial charge in [0.05, 0.1) is 0 Å². The van der Waals surface area contributed by atoms with Crippen LogP contribution in [-0.2, 0) is 12.8 Å². The normalized spacial score (nSPS) is 16.6. The van der Waals surface area contributed by atoms with Crippen molar-refractivity contribution in [3.63, 3.8) is 0 Å². The average molecular weight is 302 g/mol. The Balaban J connectivity index is 1.43. The second-order valence-corrected chi connectivity index (χ2v) is 6.08. The zero-order valence-corrected chi connectivity index (χ0v) is 13.0. The molecule has 0 spiro atoms. The maximum Gasteiger partial charge on any atom is 0.123 e. The van der Waals surface area contributed by atoms with Crippen molar-refractivity contribution in [1.29, 1.82) is 0 Å². The Morgan fingerprint density at radius 3 is 3.00 bits per heavy atom. The molecule has 2 aromatic rings. The molecule has 0 saturated heterocycles. The number of halogens is 1. The number of hydrogen-bond acceptors (Lipinski definition) is 2. The summed E-state index contributed by atoms with van der Waals surface area (Å²) in [6.07, 6.45) is 2.21. The van der Waals surface area contributed by atoms with Gasteiger partial charge in [0.15, 0.2) is 0 Å². The number of nitrogens with one attached hydrogen (secondary N) is 1. The van der Waals surface area contributed by atoms with Crippen LogP contribution in [0.1, 0.15) is 16.7 Å². The van der Waals surface area contributed by atoms with Gasteiger partial charge >= 0.3 is 0 Å². The first-order valence-corrected chi connectivity index (χ1v) is 7.80. The average Bonchev–Trinajstić information content (AvgIpc) is 2.85. The molecule has 1 heterocycles. The fourth-order valence-corrected chi connectivity index (χ4v) is 2.96. The van der Waals surface area contributed by atoms with Crippen molar-refractivity contribution in [3.05, 3.63) is 64.2 Å². The van der Waals surface area contributed by atoms with E-state index in [2.05, 4.69) is 36.5 Å². The highest BCUT2D eigenvalue weighted by atomic mass is 35.5. The maximum atomic E-state index is 6.01. The minimum atomic E-state index is 0.218. The third-order valence-corrected chi connectivity index (χ3v) is 4.04. The van der Waals surface area contributed by atoms with Crippen molar-refractivity contribution >= 4 is 11.6 Å². The minimum Gasteiger partial charge on any atom is -0.488 e. The molecule has 2 aromatic carbocycles. The highest BCUT2D eigenvalue weighted by molar-refractivity contribution is 6.30. The van der Waals surface area contributed by atoms with Gasteiger partial charge in [0.25, 0.3) is 0 Å². The summed E-state index contributed by atoms with van der Waals surface area (Å²) in [5, 5.41) is 4.27. The van der Waals surface area contributed by atoms with Gasteiger partial charge in [-0.1, -0.05) is 41.4 Å². The van der Waals surface area contributed by atoms with Gasteiger partial charge in [-0.3, -0.25) is 0 Å². The van der Waals surface area contributed by atoms with Crippen molar-refractivity contribution in [1.82, 2.24) is 5.32 Å². The van der Waals surface area contributed by atoms with Crippen LogP contribution in [0.4, 0.5) is 0 Å². The van der Waals surface area contributed by atoms with Crippen molar-refractivity contribution in [2.24, 2.45) is 0 Å². The molecule has 0 radical (unpaired) electrons. The lowest BCUT2D eigenvalue weighted by atomic mass is 10.1. The van der Waals surface area contributed by atoms with Crippen LogP contribution < -0.4 is 10.1 Å². The van der Waals surface area contributed by atoms with E-state index in [9.17, 15) is 0 Å². The van der Waals surface area contributed by atoms with Gasteiger partial charge in [-0.05, 0) is 49.2 Å². The van der Waals surface area contributed by atoms with Gasteiger partial charge in [-0.25, -0.2) is 0 Å². The largest absolute Gasteiger partial charge is 0.488 e. The molecule has 1 atom stereocenters. The first-order valence-electron chi connectivity index (χ1n) is 7.42. The number of benzene rings is 2. The van der Waals surface area contributed by atoms with Crippen molar-refractivity contribution < 1.29 is 4.74 Å². The number of ether oxygens (including phenoxy) is 1. The highest BCUT2D eigenvalue weighted by Crippen LogP contribution is 2.30. The van der Waals surface area contributed by atoms with Gasteiger partial charge in [0.1, 0.15) is 11.9 Å². The molecule has 21 heavy (non-hydrogen) atoms. The lowest BCUT2D eigenvalue weighted by Gasteiger charge is -2.12. The SMILES string of the molecule is Cc1cccc(CCNCC2Cc3cc(Cl)ccc3O2)c1. The third-order valence-electron chi connectivity index (χ3n) is 3.81. The van der Waals surface area contributed by atoms with Gasteiger partial charge < -0.3 is 10.1 Å². The molecule has 3 rings (SSSR count). The summed E-state index contributed by atoms with van der Waals surface area (Å²) < 4.78 is 5.91. The van der Waals surface area contributed by atoms with E-state index in [-0.39, 0.29) is 6.10 Å². The Bertz CT molecular complexity index is 626. The molecule has 0 fully saturated rings. The molecular weight excluding hydrogens is 282 g/mol. The monoisotopic (exact) mass is 301 g/mol. The molecule has 0 saturated carbocycles. The molecule has 1 aliphatic rings. The van der Waals surface area contributed by atoms with Crippen LogP contribution in [0.3, 0.4) is 0 Å². The predicted octanol–water partition coefficient (Wildman–Crippen LogP) is 3.78. The fourth-order valence-electron chi connectivity index (χ4n) is 2.77. The first-order chi connectivity index (χ1) is 10.2. The highest BCUT2D eigenvalue weighted by Gasteiger charge is 2.22. The Morgan fingerprint density at radius 1 is 1.24 bits per heavy atom. The summed E-state index contributed by atoms with van der Waals surface area (Å²) in [7, 11) is 0. The standard InChI is InChI=1S/C18H20ClNO/c1-13-3-2-4-14(9-13)7-8-20-12-17-11-15-10-16(19)5-6-18(15)21-17/h2-6,9-10,17,20H,7-8,11-12H2,1H3. The predicted molar refractivity (Wildman–Crippen MR) is 87.3 cm³/mol. The Kier molecular flexibility index (Phi) is 4.47. The summed E-state index contributed by atoms with van der Waals surface area (Å²) >= 11 is 6.01. The maximum absolute atomic E-state index is 6.01. The van der Waals surface area contributed by atoms with E-state index >= 15 is 0 Å². The van der Waals surface area contributed by atoms with Crippen LogP contribution in [0.2, 0.25) is 5.02 Å². The molecule has 1 N–H and O–H groups in total. The number of aryl methyl sites for hydroxylation is 1. The number of rotatable bonds is 5. The molecule has 0 bridgehead atoms. The number of hydrogen-bond donors (Lipinski definition) is 1. The van der Waals surface area contributed by atoms with Crippen molar-refractivity contribution in [3.8, 4) is 5.75 Å². The molecule has 3 heteroatoms. The molecule has 1 aliphatic heterocycles. The summed E-state index contributed by atoms with van der Waals surface area (Å²) in [4.78, 5) is 0. The van der Waals surface area contributed by atoms with Gasteiger partial charge in [-0.2, -0.15) is 0 Å². The van der Waals surface area contributed by atoms with Gasteiger partial charge in [0, 0.05) is 18.0 Å². The van der Waals surface area contributed by atoms with E-state index in [4.69, 9.17) is 16.3 Å². The summed E-state index contributed by atoms with van der Waals surface area (Å²) in [6.45, 7) is 3.98. The zero-order chi connectivity index (χ0) is 14.7. The Morgan fingerprint density at radius 2 is 2.14 bits per heavy atom. The number of fused-ring (bicyclic) bond motifs is 1. The molecule has 110 valence electrons. The molecule has 1 unspecified atom stereocenters. The van der Waals surface area contributed by atoms with E-state index in [1.807, 2.05) is 18.2 Å². The van der Waals surface area contributed by atoms with Crippen molar-refractivity contribution in [2.45, 2.75) is 25.9 Å². The molecule has 0 aliphatic carbocycles. The second-order valence-electron chi connectivity index (χ2n) is 5.64. The lowest BCUT2D eigenvalue weighted by Crippen LogP contribution is -2.31. The smallest absolute Gasteiger partial charge is 0.123 e. The fraction of sp³-hybridized carbons (Fsp3) is 0.333. The quantitative estimate of drug-likeness (QED) is 0.849. The van der Waals surface area contributed by atoms with E-state index in [0.717, 1.165) is 36.7 Å². The topological polar surface area (TPSA) is 21.3 Å². The molecule has 2 nitrogen and oxygen atoms in total. The van der Waals surface area contributed by atoms with E-state index in [1.54, 1.807) is 0 Å². The van der Waals surface area contributed by atoms with Crippen LogP contribution >= 0.6 is 11.6 Å². The van der Waals surface area contributed by atoms with E-state index in [0.29, 0.717) is 0 Å². The summed E-state index contributed by atoms with van der Waals surface area (Å²) in [5.41, 5.74) is 3.91. The molecule has 0 aromatic heterocycles.